The monoisotopic (exact) mass is 493 g/mol. The Morgan fingerprint density at radius 3 is 2.32 bits per heavy atom. The molecule has 0 aliphatic heterocycles. The molecule has 0 unspecified atom stereocenters. The second-order valence-electron chi connectivity index (χ2n) is 9.50. The first kappa shape index (κ1) is 20.6. The van der Waals surface area contributed by atoms with Crippen molar-refractivity contribution >= 4 is 66.1 Å². The van der Waals surface area contributed by atoms with Crippen LogP contribution in [0.2, 0.25) is 5.02 Å². The molecule has 3 heteroatoms. The SMILES string of the molecule is Clc1ccc2oc3cc(-n4c5ccccc5c5c6c(-c7ccccc7)cccc6ccc54)ccc3c2c1. The van der Waals surface area contributed by atoms with Crippen LogP contribution in [-0.2, 0) is 0 Å². The van der Waals surface area contributed by atoms with E-state index in [2.05, 4.69) is 108 Å². The van der Waals surface area contributed by atoms with Crippen molar-refractivity contribution in [2.75, 3.05) is 0 Å². The van der Waals surface area contributed by atoms with Gasteiger partial charge in [-0.1, -0.05) is 84.4 Å². The number of furan rings is 1. The molecule has 0 spiro atoms. The maximum atomic E-state index is 6.28. The molecule has 0 radical (unpaired) electrons. The summed E-state index contributed by atoms with van der Waals surface area (Å²) in [6.45, 7) is 0. The van der Waals surface area contributed by atoms with E-state index < -0.39 is 0 Å². The van der Waals surface area contributed by atoms with Crippen LogP contribution in [0.3, 0.4) is 0 Å². The molecule has 0 fully saturated rings. The van der Waals surface area contributed by atoms with Crippen LogP contribution in [0.25, 0.3) is 71.3 Å². The molecule has 2 heterocycles. The third-order valence-corrected chi connectivity index (χ3v) is 7.67. The Hall–Kier alpha value is -4.53. The molecule has 0 bridgehead atoms. The molecule has 0 aliphatic carbocycles. The van der Waals surface area contributed by atoms with Gasteiger partial charge in [-0.05, 0) is 64.4 Å². The number of hydrogen-bond donors (Lipinski definition) is 0. The van der Waals surface area contributed by atoms with Crippen molar-refractivity contribution in [2.24, 2.45) is 0 Å². The molecule has 0 saturated heterocycles. The zero-order valence-corrected chi connectivity index (χ0v) is 20.5. The standard InChI is InChI=1S/C34H20ClNO/c35-23-14-18-31-28(19-23)26-16-15-24(20-32(26)37-31)36-29-12-5-4-10-27(29)34-30(36)17-13-22-9-6-11-25(33(22)34)21-7-2-1-3-8-21/h1-20H. The molecule has 2 nitrogen and oxygen atoms in total. The third-order valence-electron chi connectivity index (χ3n) is 7.44. The van der Waals surface area contributed by atoms with Gasteiger partial charge >= 0.3 is 0 Å². The average Bonchev–Trinajstić information content (AvgIpc) is 3.48. The zero-order chi connectivity index (χ0) is 24.5. The van der Waals surface area contributed by atoms with E-state index in [1.54, 1.807) is 0 Å². The lowest BCUT2D eigenvalue weighted by molar-refractivity contribution is 0.668. The normalized spacial score (nSPS) is 11.9. The molecule has 0 saturated carbocycles. The molecular weight excluding hydrogens is 474 g/mol. The van der Waals surface area contributed by atoms with Gasteiger partial charge in [0.25, 0.3) is 0 Å². The smallest absolute Gasteiger partial charge is 0.137 e. The minimum atomic E-state index is 0.711. The first-order valence-corrected chi connectivity index (χ1v) is 12.8. The fraction of sp³-hybridized carbons (Fsp3) is 0. The second-order valence-corrected chi connectivity index (χ2v) is 9.94. The van der Waals surface area contributed by atoms with Crippen molar-refractivity contribution < 1.29 is 4.42 Å². The Morgan fingerprint density at radius 1 is 0.541 bits per heavy atom. The molecular formula is C34H20ClNO. The summed E-state index contributed by atoms with van der Waals surface area (Å²) in [6.07, 6.45) is 0. The summed E-state index contributed by atoms with van der Waals surface area (Å²) >= 11 is 6.28. The van der Waals surface area contributed by atoms with Crippen LogP contribution < -0.4 is 0 Å². The van der Waals surface area contributed by atoms with Crippen LogP contribution in [0, 0.1) is 0 Å². The van der Waals surface area contributed by atoms with Gasteiger partial charge in [-0.15, -0.1) is 0 Å². The highest BCUT2D eigenvalue weighted by molar-refractivity contribution is 6.31. The molecule has 37 heavy (non-hydrogen) atoms. The van der Waals surface area contributed by atoms with Gasteiger partial charge in [0.05, 0.1) is 11.0 Å². The molecule has 0 aliphatic rings. The summed E-state index contributed by atoms with van der Waals surface area (Å²) in [4.78, 5) is 0. The Labute approximate surface area is 217 Å². The molecule has 174 valence electrons. The predicted molar refractivity (Wildman–Crippen MR) is 156 cm³/mol. The van der Waals surface area contributed by atoms with Crippen LogP contribution >= 0.6 is 11.6 Å². The Morgan fingerprint density at radius 2 is 1.41 bits per heavy atom. The lowest BCUT2D eigenvalue weighted by Gasteiger charge is -2.11. The summed E-state index contributed by atoms with van der Waals surface area (Å²) in [7, 11) is 0. The number of benzene rings is 6. The topological polar surface area (TPSA) is 18.1 Å². The molecule has 0 atom stereocenters. The summed E-state index contributed by atoms with van der Waals surface area (Å²) in [6, 6.07) is 42.6. The van der Waals surface area contributed by atoms with Crippen molar-refractivity contribution in [3.05, 3.63) is 126 Å². The molecule has 8 rings (SSSR count). The van der Waals surface area contributed by atoms with Gasteiger partial charge in [0.2, 0.25) is 0 Å². The van der Waals surface area contributed by atoms with E-state index in [4.69, 9.17) is 16.0 Å². The summed E-state index contributed by atoms with van der Waals surface area (Å²) in [5, 5.41) is 7.84. The lowest BCUT2D eigenvalue weighted by atomic mass is 9.94. The number of fused-ring (bicyclic) bond motifs is 8. The lowest BCUT2D eigenvalue weighted by Crippen LogP contribution is -1.93. The van der Waals surface area contributed by atoms with E-state index >= 15 is 0 Å². The van der Waals surface area contributed by atoms with Gasteiger partial charge in [0.1, 0.15) is 11.2 Å². The summed E-state index contributed by atoms with van der Waals surface area (Å²) < 4.78 is 8.60. The highest BCUT2D eigenvalue weighted by atomic mass is 35.5. The zero-order valence-electron chi connectivity index (χ0n) is 19.8. The van der Waals surface area contributed by atoms with Crippen LogP contribution in [0.5, 0.6) is 0 Å². The minimum absolute atomic E-state index is 0.711. The Balaban J connectivity index is 1.49. The number of hydrogen-bond acceptors (Lipinski definition) is 1. The van der Waals surface area contributed by atoms with Gasteiger partial charge < -0.3 is 8.98 Å². The van der Waals surface area contributed by atoms with Crippen molar-refractivity contribution in [3.63, 3.8) is 0 Å². The number of aromatic nitrogens is 1. The first-order chi connectivity index (χ1) is 18.3. The van der Waals surface area contributed by atoms with Gasteiger partial charge in [0, 0.05) is 38.3 Å². The molecule has 0 N–H and O–H groups in total. The molecule has 8 aromatic rings. The maximum absolute atomic E-state index is 6.28. The van der Waals surface area contributed by atoms with Crippen molar-refractivity contribution in [1.82, 2.24) is 4.57 Å². The number of para-hydroxylation sites is 1. The van der Waals surface area contributed by atoms with E-state index in [0.717, 1.165) is 27.6 Å². The Kier molecular flexibility index (Phi) is 4.31. The summed E-state index contributed by atoms with van der Waals surface area (Å²) in [5.74, 6) is 0. The van der Waals surface area contributed by atoms with Crippen molar-refractivity contribution in [1.29, 1.82) is 0 Å². The maximum Gasteiger partial charge on any atom is 0.137 e. The fourth-order valence-corrected chi connectivity index (χ4v) is 6.02. The molecule has 0 amide bonds. The van der Waals surface area contributed by atoms with E-state index in [0.29, 0.717) is 5.02 Å². The molecule has 6 aromatic carbocycles. The number of halogens is 1. The van der Waals surface area contributed by atoms with Crippen LogP contribution in [-0.4, -0.2) is 4.57 Å². The quantitative estimate of drug-likeness (QED) is 0.234. The average molecular weight is 494 g/mol. The van der Waals surface area contributed by atoms with Gasteiger partial charge in [-0.2, -0.15) is 0 Å². The fourth-order valence-electron chi connectivity index (χ4n) is 5.85. The van der Waals surface area contributed by atoms with Crippen molar-refractivity contribution in [3.8, 4) is 16.8 Å². The third kappa shape index (κ3) is 3.00. The second kappa shape index (κ2) is 7.73. The van der Waals surface area contributed by atoms with Crippen LogP contribution in [0.1, 0.15) is 0 Å². The summed E-state index contributed by atoms with van der Waals surface area (Å²) in [5.41, 5.74) is 7.59. The molecule has 2 aromatic heterocycles. The van der Waals surface area contributed by atoms with E-state index in [-0.39, 0.29) is 0 Å². The van der Waals surface area contributed by atoms with Crippen LogP contribution in [0.4, 0.5) is 0 Å². The van der Waals surface area contributed by atoms with E-state index in [1.165, 1.54) is 43.7 Å². The highest BCUT2D eigenvalue weighted by Gasteiger charge is 2.18. The Bertz CT molecular complexity index is 2150. The minimum Gasteiger partial charge on any atom is -0.456 e. The van der Waals surface area contributed by atoms with Gasteiger partial charge in [0.15, 0.2) is 0 Å². The van der Waals surface area contributed by atoms with E-state index in [9.17, 15) is 0 Å². The van der Waals surface area contributed by atoms with Crippen molar-refractivity contribution in [2.45, 2.75) is 0 Å². The predicted octanol–water partition coefficient (Wildman–Crippen LogP) is 10.2. The van der Waals surface area contributed by atoms with Crippen LogP contribution in [0.15, 0.2) is 126 Å². The van der Waals surface area contributed by atoms with E-state index in [1.807, 2.05) is 18.2 Å². The highest BCUT2D eigenvalue weighted by Crippen LogP contribution is 2.41. The van der Waals surface area contributed by atoms with Gasteiger partial charge in [-0.25, -0.2) is 0 Å². The van der Waals surface area contributed by atoms with Gasteiger partial charge in [-0.3, -0.25) is 0 Å². The first-order valence-electron chi connectivity index (χ1n) is 12.4. The number of rotatable bonds is 2. The number of nitrogens with zero attached hydrogens (tertiary/aromatic N) is 1. The largest absolute Gasteiger partial charge is 0.456 e.